The molecule has 1 aliphatic heterocycles. The summed E-state index contributed by atoms with van der Waals surface area (Å²) >= 11 is 0. The molecule has 1 heterocycles. The van der Waals surface area contributed by atoms with E-state index in [1.165, 1.54) is 0 Å². The van der Waals surface area contributed by atoms with E-state index in [-0.39, 0.29) is 42.7 Å². The molecule has 170 valence electrons. The van der Waals surface area contributed by atoms with Crippen molar-refractivity contribution in [1.29, 1.82) is 0 Å². The molecule has 0 aromatic heterocycles. The predicted molar refractivity (Wildman–Crippen MR) is 125 cm³/mol. The summed E-state index contributed by atoms with van der Waals surface area (Å²) in [6.07, 6.45) is 0.0721. The van der Waals surface area contributed by atoms with Crippen molar-refractivity contribution in [3.05, 3.63) is 108 Å². The zero-order valence-electron chi connectivity index (χ0n) is 18.5. The van der Waals surface area contributed by atoms with Gasteiger partial charge in [0.25, 0.3) is 0 Å². The molecule has 2 aliphatic rings. The molecule has 2 fully saturated rings. The number of carbonyl (C=O) groups is 1. The van der Waals surface area contributed by atoms with Crippen LogP contribution in [0.5, 0.6) is 0 Å². The van der Waals surface area contributed by atoms with Crippen molar-refractivity contribution in [3.8, 4) is 0 Å². The van der Waals surface area contributed by atoms with Crippen LogP contribution >= 0.6 is 0 Å². The van der Waals surface area contributed by atoms with E-state index in [0.717, 1.165) is 23.1 Å². The number of ether oxygens (including phenoxy) is 2. The van der Waals surface area contributed by atoms with Gasteiger partial charge in [0.15, 0.2) is 6.10 Å². The molecular formula is C28H29NO4. The molecule has 5 rings (SSSR count). The fraction of sp³-hybridized carbons (Fsp3) is 0.321. The van der Waals surface area contributed by atoms with Gasteiger partial charge in [-0.2, -0.15) is 0 Å². The molecule has 33 heavy (non-hydrogen) atoms. The first-order valence-corrected chi connectivity index (χ1v) is 11.6. The van der Waals surface area contributed by atoms with Gasteiger partial charge in [-0.3, -0.25) is 4.90 Å². The van der Waals surface area contributed by atoms with Crippen LogP contribution < -0.4 is 0 Å². The molecule has 1 amide bonds. The van der Waals surface area contributed by atoms with Gasteiger partial charge in [0.2, 0.25) is 0 Å². The Labute approximate surface area is 194 Å². The summed E-state index contributed by atoms with van der Waals surface area (Å²) in [5.41, 5.74) is 3.14. The second-order valence-corrected chi connectivity index (χ2v) is 8.89. The summed E-state index contributed by atoms with van der Waals surface area (Å²) in [6.45, 7) is 1.10. The first-order chi connectivity index (χ1) is 16.3. The van der Waals surface area contributed by atoms with E-state index in [1.54, 1.807) is 0 Å². The summed E-state index contributed by atoms with van der Waals surface area (Å²) in [7, 11) is 0. The Hall–Kier alpha value is -3.15. The number of rotatable bonds is 8. The van der Waals surface area contributed by atoms with Crippen LogP contribution in [-0.2, 0) is 16.1 Å². The number of aliphatic hydroxyl groups excluding tert-OH is 1. The number of cyclic esters (lactones) is 1. The first kappa shape index (κ1) is 21.7. The third-order valence-electron chi connectivity index (χ3n) is 6.95. The van der Waals surface area contributed by atoms with Crippen molar-refractivity contribution in [2.45, 2.75) is 31.2 Å². The molecule has 3 aromatic rings. The van der Waals surface area contributed by atoms with E-state index in [2.05, 4.69) is 12.1 Å². The van der Waals surface area contributed by atoms with Crippen LogP contribution in [0.4, 0.5) is 4.79 Å². The molecular weight excluding hydrogens is 414 g/mol. The predicted octanol–water partition coefficient (Wildman–Crippen LogP) is 5.14. The SMILES string of the molecule is O=C1O[C@@H](c2ccccc2)[C@@H](c2ccccc2)N1[C@@H]1C[C@@H](CO)[C@H]1COCc1ccccc1. The lowest BCUT2D eigenvalue weighted by atomic mass is 9.68. The number of carbonyl (C=O) groups excluding carboxylic acids is 1. The number of nitrogens with zero attached hydrogens (tertiary/aromatic N) is 1. The Morgan fingerprint density at radius 1 is 0.879 bits per heavy atom. The Kier molecular flexibility index (Phi) is 6.42. The molecule has 1 saturated heterocycles. The summed E-state index contributed by atoms with van der Waals surface area (Å²) < 4.78 is 12.0. The van der Waals surface area contributed by atoms with Crippen molar-refractivity contribution in [2.75, 3.05) is 13.2 Å². The lowest BCUT2D eigenvalue weighted by molar-refractivity contribution is -0.0624. The summed E-state index contributed by atoms with van der Waals surface area (Å²) in [5.74, 6) is 0.178. The van der Waals surface area contributed by atoms with E-state index >= 15 is 0 Å². The average molecular weight is 444 g/mol. The van der Waals surface area contributed by atoms with Crippen molar-refractivity contribution >= 4 is 6.09 Å². The minimum absolute atomic E-state index is 0.0376. The molecule has 0 bridgehead atoms. The van der Waals surface area contributed by atoms with Gasteiger partial charge < -0.3 is 14.6 Å². The zero-order chi connectivity index (χ0) is 22.6. The standard InChI is InChI=1S/C28H29NO4/c30-17-23-16-25(24(23)19-32-18-20-10-4-1-5-11-20)29-26(21-12-6-2-7-13-21)27(33-28(29)31)22-14-8-3-9-15-22/h1-15,23-27,30H,16-19H2/t23-,24+,25+,26+,27-/m0/s1. The van der Waals surface area contributed by atoms with Crippen LogP contribution in [0.3, 0.4) is 0 Å². The number of hydrogen-bond donors (Lipinski definition) is 1. The Balaban J connectivity index is 1.38. The third-order valence-corrected chi connectivity index (χ3v) is 6.95. The fourth-order valence-corrected chi connectivity index (χ4v) is 5.16. The van der Waals surface area contributed by atoms with Crippen molar-refractivity contribution in [1.82, 2.24) is 4.90 Å². The van der Waals surface area contributed by atoms with E-state index < -0.39 is 0 Å². The van der Waals surface area contributed by atoms with Gasteiger partial charge in [0, 0.05) is 18.6 Å². The maximum atomic E-state index is 13.2. The molecule has 5 atom stereocenters. The molecule has 5 nitrogen and oxygen atoms in total. The highest BCUT2D eigenvalue weighted by Gasteiger charge is 2.54. The number of amides is 1. The van der Waals surface area contributed by atoms with Gasteiger partial charge in [-0.25, -0.2) is 4.79 Å². The van der Waals surface area contributed by atoms with Crippen molar-refractivity contribution < 1.29 is 19.4 Å². The van der Waals surface area contributed by atoms with Crippen LogP contribution in [-0.4, -0.2) is 35.4 Å². The topological polar surface area (TPSA) is 59.0 Å². The van der Waals surface area contributed by atoms with Gasteiger partial charge in [-0.1, -0.05) is 91.0 Å². The minimum Gasteiger partial charge on any atom is -0.439 e. The first-order valence-electron chi connectivity index (χ1n) is 11.6. The van der Waals surface area contributed by atoms with Gasteiger partial charge in [-0.05, 0) is 29.0 Å². The number of benzene rings is 3. The van der Waals surface area contributed by atoms with Crippen molar-refractivity contribution in [3.63, 3.8) is 0 Å². The van der Waals surface area contributed by atoms with Gasteiger partial charge in [0.1, 0.15) is 6.04 Å². The van der Waals surface area contributed by atoms with Gasteiger partial charge in [-0.15, -0.1) is 0 Å². The quantitative estimate of drug-likeness (QED) is 0.524. The molecule has 0 unspecified atom stereocenters. The molecule has 3 aromatic carbocycles. The molecule has 1 aliphatic carbocycles. The third kappa shape index (κ3) is 4.39. The largest absolute Gasteiger partial charge is 0.439 e. The monoisotopic (exact) mass is 443 g/mol. The molecule has 1 saturated carbocycles. The molecule has 1 N–H and O–H groups in total. The van der Waals surface area contributed by atoms with E-state index in [1.807, 2.05) is 83.8 Å². The van der Waals surface area contributed by atoms with E-state index in [0.29, 0.717) is 13.2 Å². The second-order valence-electron chi connectivity index (χ2n) is 8.89. The minimum atomic E-state index is -0.375. The van der Waals surface area contributed by atoms with Gasteiger partial charge >= 0.3 is 6.09 Å². The maximum Gasteiger partial charge on any atom is 0.411 e. The average Bonchev–Trinajstić information content (AvgIpc) is 3.20. The summed E-state index contributed by atoms with van der Waals surface area (Å²) in [6, 6.07) is 29.8. The van der Waals surface area contributed by atoms with Crippen LogP contribution in [0, 0.1) is 11.8 Å². The van der Waals surface area contributed by atoms with Crippen LogP contribution in [0.1, 0.15) is 35.3 Å². The highest BCUT2D eigenvalue weighted by Crippen LogP contribution is 2.50. The highest BCUT2D eigenvalue weighted by molar-refractivity contribution is 5.72. The smallest absolute Gasteiger partial charge is 0.411 e. The van der Waals surface area contributed by atoms with Gasteiger partial charge in [0.05, 0.1) is 13.2 Å². The van der Waals surface area contributed by atoms with Crippen LogP contribution in [0.25, 0.3) is 0 Å². The Morgan fingerprint density at radius 3 is 2.12 bits per heavy atom. The zero-order valence-corrected chi connectivity index (χ0v) is 18.5. The van der Waals surface area contributed by atoms with E-state index in [9.17, 15) is 9.90 Å². The molecule has 0 spiro atoms. The lowest BCUT2D eigenvalue weighted by Crippen LogP contribution is -2.56. The summed E-state index contributed by atoms with van der Waals surface area (Å²) in [4.78, 5) is 15.1. The lowest BCUT2D eigenvalue weighted by Gasteiger charge is -2.49. The summed E-state index contributed by atoms with van der Waals surface area (Å²) in [5, 5.41) is 9.92. The molecule has 0 radical (unpaired) electrons. The Bertz CT molecular complexity index is 1040. The van der Waals surface area contributed by atoms with E-state index in [4.69, 9.17) is 9.47 Å². The fourth-order valence-electron chi connectivity index (χ4n) is 5.16. The van der Waals surface area contributed by atoms with Crippen molar-refractivity contribution in [2.24, 2.45) is 11.8 Å². The normalized spacial score (nSPS) is 26.6. The number of aliphatic hydroxyl groups is 1. The van der Waals surface area contributed by atoms with Crippen LogP contribution in [0.2, 0.25) is 0 Å². The number of hydrogen-bond acceptors (Lipinski definition) is 4. The van der Waals surface area contributed by atoms with Crippen LogP contribution in [0.15, 0.2) is 91.0 Å². The molecule has 5 heteroatoms. The highest BCUT2D eigenvalue weighted by atomic mass is 16.6. The second kappa shape index (κ2) is 9.77. The maximum absolute atomic E-state index is 13.2. The Morgan fingerprint density at radius 2 is 1.48 bits per heavy atom.